The molecule has 0 aromatic heterocycles. The van der Waals surface area contributed by atoms with E-state index >= 15 is 0 Å². The van der Waals surface area contributed by atoms with E-state index in [-0.39, 0.29) is 72.0 Å². The van der Waals surface area contributed by atoms with Gasteiger partial charge < -0.3 is 60.7 Å². The van der Waals surface area contributed by atoms with Crippen LogP contribution >= 0.6 is 0 Å². The van der Waals surface area contributed by atoms with Gasteiger partial charge in [0, 0.05) is 26.2 Å². The highest BCUT2D eigenvalue weighted by Crippen LogP contribution is 1.83. The number of aliphatic carboxylic acids is 2. The minimum absolute atomic E-state index is 0. The van der Waals surface area contributed by atoms with Crippen molar-refractivity contribution >= 4 is 23.6 Å². The van der Waals surface area contributed by atoms with Crippen LogP contribution in [0.15, 0.2) is 0 Å². The molecule has 0 heterocycles. The van der Waals surface area contributed by atoms with Gasteiger partial charge >= 0.3 is 11.9 Å². The number of nitrogens with two attached hydrogens (primary N) is 2. The van der Waals surface area contributed by atoms with E-state index in [2.05, 4.69) is 34.0 Å². The number of nitrogens with one attached hydrogen (secondary N) is 2. The average Bonchev–Trinajstić information content (AvgIpc) is 2.95. The van der Waals surface area contributed by atoms with Crippen molar-refractivity contribution in [3.05, 3.63) is 0 Å². The summed E-state index contributed by atoms with van der Waals surface area (Å²) < 4.78 is 29.6. The number of hydrogen-bond acceptors (Lipinski definition) is 13. The minimum atomic E-state index is -1.03. The quantitative estimate of drug-likeness (QED) is 0.0696. The number of carbonyl (C=O) groups is 4. The molecule has 0 spiro atoms. The second-order valence-corrected chi connectivity index (χ2v) is 7.96. The van der Waals surface area contributed by atoms with Crippen molar-refractivity contribution in [2.24, 2.45) is 11.5 Å². The van der Waals surface area contributed by atoms with Crippen molar-refractivity contribution in [3.63, 3.8) is 0 Å². The fourth-order valence-electron chi connectivity index (χ4n) is 1.75. The summed E-state index contributed by atoms with van der Waals surface area (Å²) in [7, 11) is 1.82. The molecule has 8 N–H and O–H groups in total. The van der Waals surface area contributed by atoms with Crippen LogP contribution in [0.1, 0.15) is 41.0 Å². The van der Waals surface area contributed by atoms with E-state index in [4.69, 9.17) is 40.6 Å². The molecule has 0 atom stereocenters. The first-order chi connectivity index (χ1) is 20.1. The molecule has 0 saturated carbocycles. The number of rotatable bonds is 25. The summed E-state index contributed by atoms with van der Waals surface area (Å²) in [6, 6.07) is 0. The van der Waals surface area contributed by atoms with Crippen LogP contribution in [-0.2, 0) is 47.6 Å². The van der Waals surface area contributed by atoms with E-state index in [1.54, 1.807) is 0 Å². The van der Waals surface area contributed by atoms with Gasteiger partial charge in [-0.1, -0.05) is 34.1 Å². The Labute approximate surface area is 257 Å². The minimum Gasteiger partial charge on any atom is -0.480 e. The van der Waals surface area contributed by atoms with Crippen LogP contribution in [0.4, 0.5) is 0 Å². The molecule has 0 fully saturated rings. The number of ether oxygens (including phenoxy) is 6. The molecule has 0 bridgehead atoms. The predicted molar refractivity (Wildman–Crippen MR) is 163 cm³/mol. The van der Waals surface area contributed by atoms with E-state index in [9.17, 15) is 19.2 Å². The van der Waals surface area contributed by atoms with Crippen molar-refractivity contribution in [1.82, 2.24) is 10.6 Å². The fourth-order valence-corrected chi connectivity index (χ4v) is 1.75. The lowest BCUT2D eigenvalue weighted by Crippen LogP contribution is -2.33. The molecule has 0 unspecified atom stereocenters. The van der Waals surface area contributed by atoms with Gasteiger partial charge in [0.2, 0.25) is 5.91 Å². The van der Waals surface area contributed by atoms with Gasteiger partial charge in [-0.2, -0.15) is 0 Å². The van der Waals surface area contributed by atoms with Gasteiger partial charge in [0.25, 0.3) is 0 Å². The van der Waals surface area contributed by atoms with Crippen LogP contribution in [0, 0.1) is 0 Å². The molecule has 43 heavy (non-hydrogen) atoms. The number of ketones is 1. The van der Waals surface area contributed by atoms with Gasteiger partial charge in [0.05, 0.1) is 52.9 Å². The number of amides is 1. The van der Waals surface area contributed by atoms with Crippen molar-refractivity contribution in [3.8, 4) is 0 Å². The summed E-state index contributed by atoms with van der Waals surface area (Å²) in [4.78, 5) is 41.7. The maximum absolute atomic E-state index is 11.2. The third-order valence-corrected chi connectivity index (χ3v) is 3.84. The lowest BCUT2D eigenvalue weighted by Gasteiger charge is -2.07. The molecule has 0 aromatic carbocycles. The highest BCUT2D eigenvalue weighted by molar-refractivity contribution is 5.77. The Morgan fingerprint density at radius 2 is 0.953 bits per heavy atom. The molecular formula is C27H60N4O12. The Morgan fingerprint density at radius 3 is 1.26 bits per heavy atom. The smallest absolute Gasteiger partial charge is 0.329 e. The maximum atomic E-state index is 11.2. The summed E-state index contributed by atoms with van der Waals surface area (Å²) >= 11 is 0. The van der Waals surface area contributed by atoms with Crippen LogP contribution in [-0.4, -0.2) is 146 Å². The molecule has 1 amide bonds. The zero-order valence-electron chi connectivity index (χ0n) is 25.9. The third kappa shape index (κ3) is 68.5. The van der Waals surface area contributed by atoms with Gasteiger partial charge in [0.15, 0.2) is 5.78 Å². The topological polar surface area (TPSA) is 240 Å². The van der Waals surface area contributed by atoms with Crippen molar-refractivity contribution in [1.29, 1.82) is 0 Å². The molecule has 0 aromatic rings. The van der Waals surface area contributed by atoms with E-state index < -0.39 is 11.9 Å². The molecule has 16 nitrogen and oxygen atoms in total. The highest BCUT2D eigenvalue weighted by Gasteiger charge is 2.00. The first-order valence-electron chi connectivity index (χ1n) is 13.8. The lowest BCUT2D eigenvalue weighted by molar-refractivity contribution is -0.142. The summed E-state index contributed by atoms with van der Waals surface area (Å²) in [6.07, 6.45) is 2.64. The number of carboxylic acid groups (broad SMARTS) is 2. The standard InChI is InChI=1S/C12H24N2O5.C8H14O7.C4H10.C2H8N2.CH4/c1-11(15)9-18-7-5-17-6-8-19-10-12(16)14-4-3-13-2;9-7(10)5-14-3-1-13-2-4-15-6-8(11)12;1-3-4-2;3-1-2-4;/h13H,3-10H2,1-2H3,(H,14,16);1-6H2,(H,9,10)(H,11,12);3-4H2,1-2H3;1-4H2;1H4. The SMILES string of the molecule is C.CCCC.CNCCNC(=O)COCCOCCOCC(C)=O.NCCN.O=C(O)COCCOCCOCC(=O)O. The second-order valence-electron chi connectivity index (χ2n) is 7.96. The maximum Gasteiger partial charge on any atom is 0.329 e. The summed E-state index contributed by atoms with van der Waals surface area (Å²) in [5.74, 6) is -2.20. The van der Waals surface area contributed by atoms with Gasteiger partial charge in [-0.3, -0.25) is 9.59 Å². The molecule has 0 rings (SSSR count). The van der Waals surface area contributed by atoms with Crippen LogP contribution in [0.3, 0.4) is 0 Å². The van der Waals surface area contributed by atoms with Crippen molar-refractivity contribution in [2.45, 2.75) is 41.0 Å². The molecule has 16 heteroatoms. The highest BCUT2D eigenvalue weighted by atomic mass is 16.6. The Morgan fingerprint density at radius 1 is 0.605 bits per heavy atom. The molecule has 260 valence electrons. The summed E-state index contributed by atoms with van der Waals surface area (Å²) in [6.45, 7) is 10.2. The molecule has 0 aliphatic rings. The zero-order chi connectivity index (χ0) is 32.7. The van der Waals surface area contributed by atoms with Crippen LogP contribution in [0.25, 0.3) is 0 Å². The number of carbonyl (C=O) groups excluding carboxylic acids is 2. The Kier molecular flexibility index (Phi) is 54.7. The van der Waals surface area contributed by atoms with E-state index in [1.807, 2.05) is 7.05 Å². The van der Waals surface area contributed by atoms with E-state index in [0.29, 0.717) is 46.1 Å². The first-order valence-corrected chi connectivity index (χ1v) is 13.8. The first kappa shape index (κ1) is 50.4. The average molecular weight is 633 g/mol. The fraction of sp³-hybridized carbons (Fsp3) is 0.852. The zero-order valence-corrected chi connectivity index (χ0v) is 25.9. The van der Waals surface area contributed by atoms with Gasteiger partial charge in [-0.15, -0.1) is 0 Å². The summed E-state index contributed by atoms with van der Waals surface area (Å²) in [5, 5.41) is 22.0. The van der Waals surface area contributed by atoms with Crippen LogP contribution in [0.2, 0.25) is 0 Å². The summed E-state index contributed by atoms with van der Waals surface area (Å²) in [5.41, 5.74) is 9.81. The number of hydrogen-bond donors (Lipinski definition) is 6. The third-order valence-electron chi connectivity index (χ3n) is 3.84. The number of unbranched alkanes of at least 4 members (excludes halogenated alkanes) is 1. The molecule has 0 aliphatic carbocycles. The van der Waals surface area contributed by atoms with E-state index in [0.717, 1.165) is 6.54 Å². The molecular weight excluding hydrogens is 572 g/mol. The number of carboxylic acids is 2. The number of likely N-dealkylation sites (N-methyl/N-ethyl adjacent to an activating group) is 1. The Bertz CT molecular complexity index is 574. The predicted octanol–water partition coefficient (Wildman–Crippen LogP) is -0.487. The molecule has 0 saturated heterocycles. The lowest BCUT2D eigenvalue weighted by atomic mass is 10.4. The molecule has 0 aliphatic heterocycles. The monoisotopic (exact) mass is 632 g/mol. The Balaban J connectivity index is -0.000000178. The van der Waals surface area contributed by atoms with Gasteiger partial charge in [-0.25, -0.2) is 9.59 Å². The largest absolute Gasteiger partial charge is 0.480 e. The van der Waals surface area contributed by atoms with Crippen molar-refractivity contribution < 1.29 is 57.8 Å². The van der Waals surface area contributed by atoms with Gasteiger partial charge in [-0.05, 0) is 14.0 Å². The van der Waals surface area contributed by atoms with Crippen LogP contribution in [0.5, 0.6) is 0 Å². The van der Waals surface area contributed by atoms with E-state index in [1.165, 1.54) is 19.8 Å². The second kappa shape index (κ2) is 46.7. The van der Waals surface area contributed by atoms with Crippen molar-refractivity contribution in [2.75, 3.05) is 113 Å². The van der Waals surface area contributed by atoms with Gasteiger partial charge in [0.1, 0.15) is 26.4 Å². The normalized spacial score (nSPS) is 9.53. The Hall–Kier alpha value is -2.28. The number of Topliss-reactive ketones (excluding diaryl/α,β-unsaturated/α-hetero) is 1. The van der Waals surface area contributed by atoms with Crippen LogP contribution < -0.4 is 22.1 Å². The molecule has 0 radical (unpaired) electrons.